The van der Waals surface area contributed by atoms with Crippen LogP contribution in [0.1, 0.15) is 38.3 Å². The van der Waals surface area contributed by atoms with E-state index < -0.39 is 0 Å². The third kappa shape index (κ3) is 5.37. The molecule has 1 rings (SSSR count). The largest absolute Gasteiger partial charge is 0.496 e. The van der Waals surface area contributed by atoms with Crippen LogP contribution in [0.2, 0.25) is 0 Å². The number of hydrogen-bond donors (Lipinski definition) is 1. The first kappa shape index (κ1) is 17.5. The predicted molar refractivity (Wildman–Crippen MR) is 86.1 cm³/mol. The van der Waals surface area contributed by atoms with Crippen molar-refractivity contribution >= 4 is 0 Å². The quantitative estimate of drug-likeness (QED) is 0.799. The summed E-state index contributed by atoms with van der Waals surface area (Å²) in [7, 11) is 1.67. The highest BCUT2D eigenvalue weighted by molar-refractivity contribution is 5.42. The van der Waals surface area contributed by atoms with Crippen LogP contribution in [0.25, 0.3) is 0 Å². The zero-order valence-corrected chi connectivity index (χ0v) is 13.6. The second-order valence-corrected chi connectivity index (χ2v) is 6.22. The van der Waals surface area contributed by atoms with Gasteiger partial charge in [-0.15, -0.1) is 0 Å². The number of nitrogens with zero attached hydrogens (tertiary/aromatic N) is 2. The van der Waals surface area contributed by atoms with Crippen LogP contribution in [0.5, 0.6) is 5.75 Å². The Balaban J connectivity index is 2.95. The summed E-state index contributed by atoms with van der Waals surface area (Å²) in [5.74, 6) is 0.834. The molecule has 21 heavy (non-hydrogen) atoms. The van der Waals surface area contributed by atoms with Gasteiger partial charge < -0.3 is 10.5 Å². The van der Waals surface area contributed by atoms with E-state index in [1.807, 2.05) is 12.1 Å². The second kappa shape index (κ2) is 8.02. The second-order valence-electron chi connectivity index (χ2n) is 6.22. The molecule has 4 heteroatoms. The average Bonchev–Trinajstić information content (AvgIpc) is 2.47. The molecule has 0 radical (unpaired) electrons. The molecule has 4 nitrogen and oxygen atoms in total. The normalized spacial score (nSPS) is 11.5. The van der Waals surface area contributed by atoms with E-state index in [9.17, 15) is 0 Å². The Morgan fingerprint density at radius 2 is 2.10 bits per heavy atom. The maximum Gasteiger partial charge on any atom is 0.123 e. The Bertz CT molecular complexity index is 491. The number of methoxy groups -OCH3 is 1. The number of nitrogens with two attached hydrogens (primary N) is 1. The maximum absolute atomic E-state index is 9.07. The number of rotatable bonds is 8. The Kier molecular flexibility index (Phi) is 6.67. The van der Waals surface area contributed by atoms with Gasteiger partial charge in [0.15, 0.2) is 0 Å². The molecule has 0 saturated carbocycles. The first-order valence-corrected chi connectivity index (χ1v) is 7.45. The maximum atomic E-state index is 9.07. The molecule has 0 aromatic heterocycles. The molecule has 0 unspecified atom stereocenters. The van der Waals surface area contributed by atoms with Gasteiger partial charge in [0.05, 0.1) is 18.7 Å². The smallest absolute Gasteiger partial charge is 0.123 e. The molecule has 0 atom stereocenters. The monoisotopic (exact) mass is 289 g/mol. The van der Waals surface area contributed by atoms with Crippen molar-refractivity contribution in [3.63, 3.8) is 0 Å². The number of nitriles is 1. The summed E-state index contributed by atoms with van der Waals surface area (Å²) in [5.41, 5.74) is 7.65. The number of benzene rings is 1. The zero-order chi connectivity index (χ0) is 15.9. The molecule has 1 aromatic carbocycles. The molecule has 0 spiro atoms. The SMILES string of the molecule is CCCN(Cc1cc(C#N)ccc1OC)CC(C)(C)CN. The lowest BCUT2D eigenvalue weighted by atomic mass is 9.92. The lowest BCUT2D eigenvalue weighted by molar-refractivity contribution is 0.174. The van der Waals surface area contributed by atoms with Crippen LogP contribution in [0.4, 0.5) is 0 Å². The highest BCUT2D eigenvalue weighted by Gasteiger charge is 2.21. The molecule has 1 aromatic rings. The van der Waals surface area contributed by atoms with Gasteiger partial charge >= 0.3 is 0 Å². The Labute approximate surface area is 128 Å². The van der Waals surface area contributed by atoms with Crippen molar-refractivity contribution in [2.75, 3.05) is 26.7 Å². The molecule has 0 heterocycles. The summed E-state index contributed by atoms with van der Waals surface area (Å²) in [5, 5.41) is 9.07. The lowest BCUT2D eigenvalue weighted by Crippen LogP contribution is -2.38. The highest BCUT2D eigenvalue weighted by atomic mass is 16.5. The minimum Gasteiger partial charge on any atom is -0.496 e. The van der Waals surface area contributed by atoms with Crippen LogP contribution in [0, 0.1) is 16.7 Å². The van der Waals surface area contributed by atoms with E-state index in [2.05, 4.69) is 31.7 Å². The minimum atomic E-state index is 0.0786. The third-order valence-corrected chi connectivity index (χ3v) is 3.55. The van der Waals surface area contributed by atoms with Crippen LogP contribution in [0.15, 0.2) is 18.2 Å². The van der Waals surface area contributed by atoms with Gasteiger partial charge in [0.25, 0.3) is 0 Å². The van der Waals surface area contributed by atoms with Gasteiger partial charge in [-0.25, -0.2) is 0 Å². The minimum absolute atomic E-state index is 0.0786. The van der Waals surface area contributed by atoms with Gasteiger partial charge in [-0.3, -0.25) is 4.90 Å². The molecule has 0 saturated heterocycles. The van der Waals surface area contributed by atoms with E-state index in [4.69, 9.17) is 15.7 Å². The van der Waals surface area contributed by atoms with Crippen molar-refractivity contribution in [1.82, 2.24) is 4.90 Å². The molecule has 0 amide bonds. The molecular formula is C17H27N3O. The van der Waals surface area contributed by atoms with Crippen LogP contribution in [0.3, 0.4) is 0 Å². The van der Waals surface area contributed by atoms with E-state index in [-0.39, 0.29) is 5.41 Å². The molecule has 0 aliphatic rings. The van der Waals surface area contributed by atoms with E-state index in [0.717, 1.165) is 37.4 Å². The summed E-state index contributed by atoms with van der Waals surface area (Å²) in [6.07, 6.45) is 1.08. The summed E-state index contributed by atoms with van der Waals surface area (Å²) in [6, 6.07) is 7.76. The van der Waals surface area contributed by atoms with Crippen molar-refractivity contribution in [2.24, 2.45) is 11.1 Å². The van der Waals surface area contributed by atoms with Crippen LogP contribution in [-0.4, -0.2) is 31.6 Å². The fourth-order valence-corrected chi connectivity index (χ4v) is 2.41. The van der Waals surface area contributed by atoms with Gasteiger partial charge in [0.1, 0.15) is 5.75 Å². The summed E-state index contributed by atoms with van der Waals surface area (Å²) in [4.78, 5) is 2.38. The molecule has 0 aliphatic heterocycles. The summed E-state index contributed by atoms with van der Waals surface area (Å²) >= 11 is 0. The lowest BCUT2D eigenvalue weighted by Gasteiger charge is -2.32. The van der Waals surface area contributed by atoms with E-state index >= 15 is 0 Å². The summed E-state index contributed by atoms with van der Waals surface area (Å²) in [6.45, 7) is 9.89. The van der Waals surface area contributed by atoms with Crippen molar-refractivity contribution < 1.29 is 4.74 Å². The van der Waals surface area contributed by atoms with Gasteiger partial charge in [-0.1, -0.05) is 20.8 Å². The Morgan fingerprint density at radius 1 is 1.38 bits per heavy atom. The van der Waals surface area contributed by atoms with Gasteiger partial charge in [0, 0.05) is 18.7 Å². The van der Waals surface area contributed by atoms with Gasteiger partial charge in [-0.2, -0.15) is 5.26 Å². The van der Waals surface area contributed by atoms with E-state index in [0.29, 0.717) is 12.1 Å². The summed E-state index contributed by atoms with van der Waals surface area (Å²) < 4.78 is 5.42. The average molecular weight is 289 g/mol. The first-order valence-electron chi connectivity index (χ1n) is 7.45. The number of hydrogen-bond acceptors (Lipinski definition) is 4. The molecule has 0 bridgehead atoms. The van der Waals surface area contributed by atoms with Crippen molar-refractivity contribution in [2.45, 2.75) is 33.7 Å². The van der Waals surface area contributed by atoms with Crippen molar-refractivity contribution in [1.29, 1.82) is 5.26 Å². The molecular weight excluding hydrogens is 262 g/mol. The highest BCUT2D eigenvalue weighted by Crippen LogP contribution is 2.23. The standard InChI is InChI=1S/C17H27N3O/c1-5-8-20(13-17(2,3)12-19)11-15-9-14(10-18)6-7-16(15)21-4/h6-7,9H,5,8,11-13,19H2,1-4H3. The molecule has 2 N–H and O–H groups in total. The fourth-order valence-electron chi connectivity index (χ4n) is 2.41. The fraction of sp³-hybridized carbons (Fsp3) is 0.588. The first-order chi connectivity index (χ1) is 9.95. The third-order valence-electron chi connectivity index (χ3n) is 3.55. The predicted octanol–water partition coefficient (Wildman–Crippen LogP) is 2.76. The topological polar surface area (TPSA) is 62.3 Å². The van der Waals surface area contributed by atoms with Crippen molar-refractivity contribution in [3.8, 4) is 11.8 Å². The number of ether oxygens (including phenoxy) is 1. The van der Waals surface area contributed by atoms with Crippen LogP contribution < -0.4 is 10.5 Å². The molecule has 0 aliphatic carbocycles. The molecule has 0 fully saturated rings. The molecule has 116 valence electrons. The van der Waals surface area contributed by atoms with Crippen LogP contribution >= 0.6 is 0 Å². The van der Waals surface area contributed by atoms with E-state index in [1.54, 1.807) is 13.2 Å². The van der Waals surface area contributed by atoms with Crippen LogP contribution in [-0.2, 0) is 6.54 Å². The zero-order valence-electron chi connectivity index (χ0n) is 13.6. The van der Waals surface area contributed by atoms with Gasteiger partial charge in [0.2, 0.25) is 0 Å². The van der Waals surface area contributed by atoms with Gasteiger partial charge in [-0.05, 0) is 43.1 Å². The van der Waals surface area contributed by atoms with E-state index in [1.165, 1.54) is 0 Å². The Hall–Kier alpha value is -1.57. The van der Waals surface area contributed by atoms with Crippen molar-refractivity contribution in [3.05, 3.63) is 29.3 Å². The Morgan fingerprint density at radius 3 is 2.62 bits per heavy atom.